The number of aryl methyl sites for hydroxylation is 2. The summed E-state index contributed by atoms with van der Waals surface area (Å²) in [4.78, 5) is 7.52. The number of aliphatic hydroxyl groups excluding tert-OH is 1. The fourth-order valence-corrected chi connectivity index (χ4v) is 2.10. The highest BCUT2D eigenvalue weighted by Gasteiger charge is 2.25. The summed E-state index contributed by atoms with van der Waals surface area (Å²) < 4.78 is 0. The maximum atomic E-state index is 10.2. The van der Waals surface area contributed by atoms with Gasteiger partial charge in [-0.15, -0.1) is 0 Å². The van der Waals surface area contributed by atoms with Crippen molar-refractivity contribution in [1.82, 2.24) is 15.3 Å². The molecule has 0 radical (unpaired) electrons. The molecule has 0 bridgehead atoms. The van der Waals surface area contributed by atoms with Crippen molar-refractivity contribution in [2.75, 3.05) is 13.1 Å². The Bertz CT molecular complexity index is 309. The van der Waals surface area contributed by atoms with Crippen LogP contribution in [0.2, 0.25) is 0 Å². The average molecular weight is 209 g/mol. The van der Waals surface area contributed by atoms with E-state index in [1.54, 1.807) is 0 Å². The number of hydrogen-bond donors (Lipinski definition) is 3. The Labute approximate surface area is 90.1 Å². The minimum Gasteiger partial charge on any atom is -0.385 e. The molecule has 1 aromatic heterocycles. The number of hydrogen-bond acceptors (Lipinski definition) is 3. The van der Waals surface area contributed by atoms with Crippen molar-refractivity contribution in [1.29, 1.82) is 0 Å². The van der Waals surface area contributed by atoms with E-state index < -0.39 is 6.10 Å². The second-order valence-electron chi connectivity index (χ2n) is 4.36. The fraction of sp³-hybridized carbons (Fsp3) is 0.727. The van der Waals surface area contributed by atoms with E-state index in [0.717, 1.165) is 43.1 Å². The first-order valence-electron chi connectivity index (χ1n) is 5.60. The Morgan fingerprint density at radius 1 is 1.33 bits per heavy atom. The van der Waals surface area contributed by atoms with E-state index in [4.69, 9.17) is 0 Å². The van der Waals surface area contributed by atoms with Gasteiger partial charge in [0.1, 0.15) is 11.9 Å². The summed E-state index contributed by atoms with van der Waals surface area (Å²) in [6.07, 6.45) is 1.62. The standard InChI is InChI=1S/C11H19N3O/c1-7-8(2)14-11(13-7)10(15)9-3-5-12-6-4-9/h9-10,12,15H,3-6H2,1-2H3,(H,13,14). The molecule has 0 aromatic carbocycles. The molecule has 1 aromatic rings. The molecule has 2 heterocycles. The van der Waals surface area contributed by atoms with Gasteiger partial charge in [0.25, 0.3) is 0 Å². The minimum atomic E-state index is -0.431. The van der Waals surface area contributed by atoms with Crippen molar-refractivity contribution in [3.05, 3.63) is 17.2 Å². The zero-order valence-corrected chi connectivity index (χ0v) is 9.38. The normalized spacial score (nSPS) is 20.5. The van der Waals surface area contributed by atoms with Crippen LogP contribution in [-0.4, -0.2) is 28.2 Å². The third kappa shape index (κ3) is 2.21. The summed E-state index contributed by atoms with van der Waals surface area (Å²) in [5.41, 5.74) is 2.04. The lowest BCUT2D eigenvalue weighted by Gasteiger charge is -2.25. The van der Waals surface area contributed by atoms with Crippen LogP contribution in [0.4, 0.5) is 0 Å². The zero-order valence-electron chi connectivity index (χ0n) is 9.38. The molecule has 1 aliphatic rings. The van der Waals surface area contributed by atoms with Gasteiger partial charge < -0.3 is 15.4 Å². The molecule has 0 saturated carbocycles. The largest absolute Gasteiger partial charge is 0.385 e. The second-order valence-corrected chi connectivity index (χ2v) is 4.36. The van der Waals surface area contributed by atoms with Crippen LogP contribution in [0.5, 0.6) is 0 Å². The van der Waals surface area contributed by atoms with Crippen molar-refractivity contribution >= 4 is 0 Å². The van der Waals surface area contributed by atoms with E-state index in [1.807, 2.05) is 13.8 Å². The number of aromatic amines is 1. The van der Waals surface area contributed by atoms with E-state index in [1.165, 1.54) is 0 Å². The molecule has 1 atom stereocenters. The van der Waals surface area contributed by atoms with Crippen LogP contribution in [-0.2, 0) is 0 Å². The summed E-state index contributed by atoms with van der Waals surface area (Å²) in [6.45, 7) is 5.95. The van der Waals surface area contributed by atoms with Crippen molar-refractivity contribution in [2.45, 2.75) is 32.8 Å². The molecular formula is C11H19N3O. The monoisotopic (exact) mass is 209 g/mol. The van der Waals surface area contributed by atoms with Crippen molar-refractivity contribution in [3.63, 3.8) is 0 Å². The van der Waals surface area contributed by atoms with Gasteiger partial charge in [-0.2, -0.15) is 0 Å². The van der Waals surface area contributed by atoms with Gasteiger partial charge in [0, 0.05) is 5.69 Å². The summed E-state index contributed by atoms with van der Waals surface area (Å²) in [5, 5.41) is 13.5. The highest BCUT2D eigenvalue weighted by atomic mass is 16.3. The Morgan fingerprint density at radius 3 is 2.53 bits per heavy atom. The van der Waals surface area contributed by atoms with Crippen LogP contribution < -0.4 is 5.32 Å². The van der Waals surface area contributed by atoms with Gasteiger partial charge in [0.05, 0.1) is 5.69 Å². The molecule has 3 N–H and O–H groups in total. The highest BCUT2D eigenvalue weighted by molar-refractivity contribution is 5.12. The van der Waals surface area contributed by atoms with Crippen LogP contribution >= 0.6 is 0 Å². The second kappa shape index (κ2) is 4.33. The number of rotatable bonds is 2. The predicted octanol–water partition coefficient (Wildman–Crippen LogP) is 1.06. The van der Waals surface area contributed by atoms with E-state index in [9.17, 15) is 5.11 Å². The van der Waals surface area contributed by atoms with Crippen LogP contribution in [0.25, 0.3) is 0 Å². The number of H-pyrrole nitrogens is 1. The third-order valence-electron chi connectivity index (χ3n) is 3.26. The average Bonchev–Trinajstić information content (AvgIpc) is 2.59. The quantitative estimate of drug-likeness (QED) is 0.682. The summed E-state index contributed by atoms with van der Waals surface area (Å²) >= 11 is 0. The molecule has 0 amide bonds. The Morgan fingerprint density at radius 2 is 2.00 bits per heavy atom. The van der Waals surface area contributed by atoms with Crippen molar-refractivity contribution in [2.24, 2.45) is 5.92 Å². The number of aliphatic hydroxyl groups is 1. The number of nitrogens with zero attached hydrogens (tertiary/aromatic N) is 1. The SMILES string of the molecule is Cc1nc(C(O)C2CCNCC2)[nH]c1C. The molecule has 84 valence electrons. The number of imidazole rings is 1. The topological polar surface area (TPSA) is 60.9 Å². The minimum absolute atomic E-state index is 0.344. The maximum absolute atomic E-state index is 10.2. The molecule has 1 unspecified atom stereocenters. The smallest absolute Gasteiger partial charge is 0.135 e. The van der Waals surface area contributed by atoms with E-state index >= 15 is 0 Å². The molecule has 1 fully saturated rings. The van der Waals surface area contributed by atoms with E-state index in [0.29, 0.717) is 5.92 Å². The number of nitrogens with one attached hydrogen (secondary N) is 2. The lowest BCUT2D eigenvalue weighted by Crippen LogP contribution is -2.31. The van der Waals surface area contributed by atoms with Gasteiger partial charge in [-0.05, 0) is 45.7 Å². The predicted molar refractivity (Wildman–Crippen MR) is 58.6 cm³/mol. The number of piperidine rings is 1. The van der Waals surface area contributed by atoms with Crippen LogP contribution in [0.1, 0.15) is 36.2 Å². The zero-order chi connectivity index (χ0) is 10.8. The molecular weight excluding hydrogens is 190 g/mol. The van der Waals surface area contributed by atoms with Crippen LogP contribution in [0.3, 0.4) is 0 Å². The first-order chi connectivity index (χ1) is 7.18. The molecule has 0 spiro atoms. The van der Waals surface area contributed by atoms with E-state index in [2.05, 4.69) is 15.3 Å². The number of aromatic nitrogens is 2. The van der Waals surface area contributed by atoms with Crippen molar-refractivity contribution in [3.8, 4) is 0 Å². The Hall–Kier alpha value is -0.870. The van der Waals surface area contributed by atoms with Gasteiger partial charge in [0.2, 0.25) is 0 Å². The molecule has 4 nitrogen and oxygen atoms in total. The lowest BCUT2D eigenvalue weighted by molar-refractivity contribution is 0.0817. The first kappa shape index (κ1) is 10.6. The molecule has 1 aliphatic heterocycles. The highest BCUT2D eigenvalue weighted by Crippen LogP contribution is 2.27. The van der Waals surface area contributed by atoms with Gasteiger partial charge in [-0.1, -0.05) is 0 Å². The van der Waals surface area contributed by atoms with Gasteiger partial charge in [-0.25, -0.2) is 4.98 Å². The molecule has 1 saturated heterocycles. The van der Waals surface area contributed by atoms with Crippen molar-refractivity contribution < 1.29 is 5.11 Å². The molecule has 15 heavy (non-hydrogen) atoms. The Kier molecular flexibility index (Phi) is 3.07. The van der Waals surface area contributed by atoms with Gasteiger partial charge in [0.15, 0.2) is 0 Å². The summed E-state index contributed by atoms with van der Waals surface area (Å²) in [7, 11) is 0. The Balaban J connectivity index is 2.08. The maximum Gasteiger partial charge on any atom is 0.135 e. The third-order valence-corrected chi connectivity index (χ3v) is 3.26. The van der Waals surface area contributed by atoms with Crippen LogP contribution in [0.15, 0.2) is 0 Å². The first-order valence-corrected chi connectivity index (χ1v) is 5.60. The summed E-state index contributed by atoms with van der Waals surface area (Å²) in [6, 6.07) is 0. The lowest BCUT2D eigenvalue weighted by atomic mass is 9.92. The molecule has 2 rings (SSSR count). The van der Waals surface area contributed by atoms with Gasteiger partial charge >= 0.3 is 0 Å². The summed E-state index contributed by atoms with van der Waals surface area (Å²) in [5.74, 6) is 1.08. The van der Waals surface area contributed by atoms with E-state index in [-0.39, 0.29) is 0 Å². The fourth-order valence-electron chi connectivity index (χ4n) is 2.10. The molecule has 0 aliphatic carbocycles. The van der Waals surface area contributed by atoms with Crippen LogP contribution in [0, 0.1) is 19.8 Å². The van der Waals surface area contributed by atoms with Gasteiger partial charge in [-0.3, -0.25) is 0 Å². The molecule has 4 heteroatoms.